The predicted octanol–water partition coefficient (Wildman–Crippen LogP) is 1.55. The highest BCUT2D eigenvalue weighted by Gasteiger charge is 2.39. The summed E-state index contributed by atoms with van der Waals surface area (Å²) in [4.78, 5) is 13.1. The highest BCUT2D eigenvalue weighted by atomic mass is 16.2. The Hall–Kier alpha value is -1.04. The van der Waals surface area contributed by atoms with Gasteiger partial charge in [0.1, 0.15) is 0 Å². The Kier molecular flexibility index (Phi) is 2.45. The third-order valence-electron chi connectivity index (χ3n) is 3.77. The van der Waals surface area contributed by atoms with Crippen LogP contribution in [-0.4, -0.2) is 23.9 Å². The molecular formula is C11H16N2O. The molecule has 2 rings (SSSR count). The fraction of sp³-hybridized carbons (Fsp3) is 0.818. The number of nitrogens with zero attached hydrogens (tertiary/aromatic N) is 2. The minimum Gasteiger partial charge on any atom is -0.341 e. The zero-order valence-electron chi connectivity index (χ0n) is 8.57. The van der Waals surface area contributed by atoms with Crippen molar-refractivity contribution in [3.05, 3.63) is 0 Å². The maximum Gasteiger partial charge on any atom is 0.222 e. The van der Waals surface area contributed by atoms with E-state index in [0.717, 1.165) is 6.42 Å². The van der Waals surface area contributed by atoms with Crippen LogP contribution < -0.4 is 0 Å². The Labute approximate surface area is 84.7 Å². The quantitative estimate of drug-likeness (QED) is 0.666. The van der Waals surface area contributed by atoms with Crippen molar-refractivity contribution in [3.63, 3.8) is 0 Å². The lowest BCUT2D eigenvalue weighted by atomic mass is 9.73. The first kappa shape index (κ1) is 9.51. The van der Waals surface area contributed by atoms with E-state index in [1.165, 1.54) is 19.3 Å². The van der Waals surface area contributed by atoms with E-state index < -0.39 is 0 Å². The van der Waals surface area contributed by atoms with Gasteiger partial charge in [0.25, 0.3) is 0 Å². The Bertz CT molecular complexity index is 278. The van der Waals surface area contributed by atoms with Crippen LogP contribution in [0.15, 0.2) is 0 Å². The van der Waals surface area contributed by atoms with Crippen molar-refractivity contribution >= 4 is 5.91 Å². The summed E-state index contributed by atoms with van der Waals surface area (Å²) in [6.45, 7) is 0. The molecule has 1 saturated carbocycles. The van der Waals surface area contributed by atoms with Gasteiger partial charge in [-0.05, 0) is 25.2 Å². The van der Waals surface area contributed by atoms with Crippen LogP contribution in [0.2, 0.25) is 0 Å². The summed E-state index contributed by atoms with van der Waals surface area (Å²) < 4.78 is 0. The SMILES string of the molecule is CN1C(=O)CCC1C(C#N)C1CCC1. The molecule has 0 aromatic carbocycles. The molecule has 3 heteroatoms. The molecule has 2 fully saturated rings. The van der Waals surface area contributed by atoms with E-state index in [0.29, 0.717) is 12.3 Å². The average molecular weight is 192 g/mol. The predicted molar refractivity (Wildman–Crippen MR) is 52.2 cm³/mol. The van der Waals surface area contributed by atoms with Crippen LogP contribution in [0.5, 0.6) is 0 Å². The molecule has 1 aliphatic carbocycles. The molecule has 2 unspecified atom stereocenters. The molecule has 1 saturated heterocycles. The number of nitriles is 1. The van der Waals surface area contributed by atoms with E-state index in [-0.39, 0.29) is 17.9 Å². The van der Waals surface area contributed by atoms with Gasteiger partial charge in [-0.15, -0.1) is 0 Å². The van der Waals surface area contributed by atoms with Crippen LogP contribution in [0.4, 0.5) is 0 Å². The van der Waals surface area contributed by atoms with Crippen molar-refractivity contribution in [2.45, 2.75) is 38.1 Å². The molecule has 76 valence electrons. The molecule has 2 atom stereocenters. The van der Waals surface area contributed by atoms with E-state index >= 15 is 0 Å². The zero-order valence-corrected chi connectivity index (χ0v) is 8.57. The summed E-state index contributed by atoms with van der Waals surface area (Å²) in [6, 6.07) is 2.60. The van der Waals surface area contributed by atoms with E-state index in [4.69, 9.17) is 5.26 Å². The molecule has 0 bridgehead atoms. The van der Waals surface area contributed by atoms with Gasteiger partial charge in [-0.25, -0.2) is 0 Å². The smallest absolute Gasteiger partial charge is 0.222 e. The third kappa shape index (κ3) is 1.39. The summed E-state index contributed by atoms with van der Waals surface area (Å²) in [6.07, 6.45) is 5.12. The van der Waals surface area contributed by atoms with Crippen LogP contribution in [0, 0.1) is 23.2 Å². The number of likely N-dealkylation sites (tertiary alicyclic amines) is 1. The van der Waals surface area contributed by atoms with Gasteiger partial charge >= 0.3 is 0 Å². The van der Waals surface area contributed by atoms with Crippen LogP contribution in [0.1, 0.15) is 32.1 Å². The summed E-state index contributed by atoms with van der Waals surface area (Å²) in [5.41, 5.74) is 0. The van der Waals surface area contributed by atoms with Gasteiger partial charge in [-0.1, -0.05) is 6.42 Å². The van der Waals surface area contributed by atoms with Gasteiger partial charge in [0.15, 0.2) is 0 Å². The Balaban J connectivity index is 2.05. The molecule has 0 spiro atoms. The lowest BCUT2D eigenvalue weighted by Gasteiger charge is -2.35. The first-order chi connectivity index (χ1) is 6.74. The first-order valence-corrected chi connectivity index (χ1v) is 5.39. The minimum atomic E-state index is 0.0835. The standard InChI is InChI=1S/C11H16N2O/c1-13-10(5-6-11(13)14)9(7-12)8-3-2-4-8/h8-10H,2-6H2,1H3. The molecule has 0 N–H and O–H groups in total. The lowest BCUT2D eigenvalue weighted by molar-refractivity contribution is -0.128. The number of hydrogen-bond acceptors (Lipinski definition) is 2. The van der Waals surface area contributed by atoms with Crippen molar-refractivity contribution in [2.24, 2.45) is 11.8 Å². The van der Waals surface area contributed by atoms with Crippen LogP contribution in [0.3, 0.4) is 0 Å². The van der Waals surface area contributed by atoms with Crippen molar-refractivity contribution in [3.8, 4) is 6.07 Å². The summed E-state index contributed by atoms with van der Waals surface area (Å²) in [5, 5.41) is 9.14. The number of amides is 1. The third-order valence-corrected chi connectivity index (χ3v) is 3.77. The van der Waals surface area contributed by atoms with Crippen molar-refractivity contribution in [1.82, 2.24) is 4.90 Å². The number of hydrogen-bond donors (Lipinski definition) is 0. The van der Waals surface area contributed by atoms with Gasteiger partial charge < -0.3 is 4.90 Å². The summed E-state index contributed by atoms with van der Waals surface area (Å²) >= 11 is 0. The monoisotopic (exact) mass is 192 g/mol. The first-order valence-electron chi connectivity index (χ1n) is 5.39. The van der Waals surface area contributed by atoms with E-state index in [1.807, 2.05) is 7.05 Å². The molecule has 0 aromatic rings. The fourth-order valence-corrected chi connectivity index (χ4v) is 2.55. The van der Waals surface area contributed by atoms with Crippen LogP contribution in [-0.2, 0) is 4.79 Å². The molecular weight excluding hydrogens is 176 g/mol. The normalized spacial score (nSPS) is 29.9. The van der Waals surface area contributed by atoms with Crippen LogP contribution >= 0.6 is 0 Å². The average Bonchev–Trinajstić information content (AvgIpc) is 2.41. The molecule has 1 amide bonds. The van der Waals surface area contributed by atoms with Gasteiger partial charge in [0, 0.05) is 19.5 Å². The highest BCUT2D eigenvalue weighted by Crippen LogP contribution is 2.38. The Morgan fingerprint density at radius 1 is 1.50 bits per heavy atom. The van der Waals surface area contributed by atoms with Crippen molar-refractivity contribution < 1.29 is 4.79 Å². The van der Waals surface area contributed by atoms with Gasteiger partial charge in [0.05, 0.1) is 12.0 Å². The largest absolute Gasteiger partial charge is 0.341 e. The van der Waals surface area contributed by atoms with Gasteiger partial charge in [0.2, 0.25) is 5.91 Å². The second-order valence-corrected chi connectivity index (χ2v) is 4.46. The number of carbonyl (C=O) groups excluding carboxylic acids is 1. The van der Waals surface area contributed by atoms with Crippen molar-refractivity contribution in [2.75, 3.05) is 7.05 Å². The fourth-order valence-electron chi connectivity index (χ4n) is 2.55. The summed E-state index contributed by atoms with van der Waals surface area (Å²) in [7, 11) is 1.84. The molecule has 3 nitrogen and oxygen atoms in total. The maximum atomic E-state index is 11.4. The Morgan fingerprint density at radius 3 is 2.57 bits per heavy atom. The molecule has 2 aliphatic rings. The lowest BCUT2D eigenvalue weighted by Crippen LogP contribution is -2.39. The van der Waals surface area contributed by atoms with E-state index in [9.17, 15) is 4.79 Å². The molecule has 1 aliphatic heterocycles. The number of rotatable bonds is 2. The maximum absolute atomic E-state index is 11.4. The van der Waals surface area contributed by atoms with E-state index in [2.05, 4.69) is 6.07 Å². The number of carbonyl (C=O) groups is 1. The van der Waals surface area contributed by atoms with E-state index in [1.54, 1.807) is 4.90 Å². The van der Waals surface area contributed by atoms with Crippen molar-refractivity contribution in [1.29, 1.82) is 5.26 Å². The topological polar surface area (TPSA) is 44.1 Å². The highest BCUT2D eigenvalue weighted by molar-refractivity contribution is 5.78. The zero-order chi connectivity index (χ0) is 10.1. The van der Waals surface area contributed by atoms with Crippen LogP contribution in [0.25, 0.3) is 0 Å². The second-order valence-electron chi connectivity index (χ2n) is 4.46. The molecule has 14 heavy (non-hydrogen) atoms. The molecule has 0 radical (unpaired) electrons. The Morgan fingerprint density at radius 2 is 2.21 bits per heavy atom. The minimum absolute atomic E-state index is 0.0835. The van der Waals surface area contributed by atoms with Gasteiger partial charge in [-0.2, -0.15) is 5.26 Å². The van der Waals surface area contributed by atoms with Gasteiger partial charge in [-0.3, -0.25) is 4.79 Å². The molecule has 1 heterocycles. The molecule has 0 aromatic heterocycles. The summed E-state index contributed by atoms with van der Waals surface area (Å²) in [5.74, 6) is 0.841. The second kappa shape index (κ2) is 3.61.